The van der Waals surface area contributed by atoms with Crippen molar-refractivity contribution in [1.29, 1.82) is 0 Å². The summed E-state index contributed by atoms with van der Waals surface area (Å²) >= 11 is 0. The van der Waals surface area contributed by atoms with Gasteiger partial charge in [0.2, 0.25) is 0 Å². The summed E-state index contributed by atoms with van der Waals surface area (Å²) in [5.41, 5.74) is 7.22. The number of nitrogens with two attached hydrogens (primary N) is 1. The molecular formula is C18H36N2. The summed E-state index contributed by atoms with van der Waals surface area (Å²) in [4.78, 5) is 2.49. The van der Waals surface area contributed by atoms with Crippen LogP contribution in [-0.2, 0) is 0 Å². The van der Waals surface area contributed by atoms with E-state index in [1.807, 2.05) is 0 Å². The fourth-order valence-electron chi connectivity index (χ4n) is 5.03. The standard InChI is InChI=1S/C18H36N2/c1-4-15-11-7-8-12-16(15)17(19)18(20(2)3)13-9-5-6-10-14-18/h15-17H,4-14,19H2,1-3H3. The van der Waals surface area contributed by atoms with E-state index < -0.39 is 0 Å². The maximum absolute atomic E-state index is 6.95. The zero-order valence-electron chi connectivity index (χ0n) is 14.0. The van der Waals surface area contributed by atoms with Gasteiger partial charge in [-0.1, -0.05) is 58.3 Å². The van der Waals surface area contributed by atoms with Crippen LogP contribution in [0, 0.1) is 11.8 Å². The lowest BCUT2D eigenvalue weighted by Gasteiger charge is -2.50. The molecule has 2 heteroatoms. The number of hydrogen-bond donors (Lipinski definition) is 1. The monoisotopic (exact) mass is 280 g/mol. The minimum absolute atomic E-state index is 0.270. The quantitative estimate of drug-likeness (QED) is 0.783. The third-order valence-electron chi connectivity index (χ3n) is 6.43. The van der Waals surface area contributed by atoms with Gasteiger partial charge in [-0.2, -0.15) is 0 Å². The largest absolute Gasteiger partial charge is 0.326 e. The summed E-state index contributed by atoms with van der Waals surface area (Å²) in [6, 6.07) is 0.376. The van der Waals surface area contributed by atoms with Crippen LogP contribution in [0.1, 0.15) is 77.6 Å². The van der Waals surface area contributed by atoms with Crippen molar-refractivity contribution in [1.82, 2.24) is 4.90 Å². The third kappa shape index (κ3) is 3.22. The third-order valence-corrected chi connectivity index (χ3v) is 6.43. The molecule has 0 spiro atoms. The van der Waals surface area contributed by atoms with Crippen molar-refractivity contribution in [2.24, 2.45) is 17.6 Å². The average Bonchev–Trinajstić information content (AvgIpc) is 2.73. The van der Waals surface area contributed by atoms with Gasteiger partial charge in [0.15, 0.2) is 0 Å². The zero-order chi connectivity index (χ0) is 14.6. The molecular weight excluding hydrogens is 244 g/mol. The highest BCUT2D eigenvalue weighted by Crippen LogP contribution is 2.42. The highest BCUT2D eigenvalue weighted by atomic mass is 15.2. The molecule has 2 rings (SSSR count). The van der Waals surface area contributed by atoms with Crippen LogP contribution in [0.3, 0.4) is 0 Å². The molecule has 2 aliphatic rings. The number of rotatable bonds is 4. The molecule has 0 bridgehead atoms. The molecule has 0 saturated heterocycles. The van der Waals surface area contributed by atoms with Gasteiger partial charge in [-0.3, -0.25) is 0 Å². The van der Waals surface area contributed by atoms with Crippen molar-refractivity contribution in [3.8, 4) is 0 Å². The summed E-state index contributed by atoms with van der Waals surface area (Å²) in [5.74, 6) is 1.63. The van der Waals surface area contributed by atoms with Crippen molar-refractivity contribution in [2.75, 3.05) is 14.1 Å². The summed E-state index contributed by atoms with van der Waals surface area (Å²) in [6.07, 6.45) is 15.1. The molecule has 2 saturated carbocycles. The Morgan fingerprint density at radius 2 is 1.60 bits per heavy atom. The summed E-state index contributed by atoms with van der Waals surface area (Å²) in [5, 5.41) is 0. The number of likely N-dealkylation sites (N-methyl/N-ethyl adjacent to an activating group) is 1. The van der Waals surface area contributed by atoms with Crippen LogP contribution < -0.4 is 5.73 Å². The Morgan fingerprint density at radius 3 is 2.15 bits per heavy atom. The van der Waals surface area contributed by atoms with Crippen LogP contribution >= 0.6 is 0 Å². The van der Waals surface area contributed by atoms with E-state index in [2.05, 4.69) is 25.9 Å². The van der Waals surface area contributed by atoms with E-state index in [0.29, 0.717) is 6.04 Å². The lowest BCUT2D eigenvalue weighted by atomic mass is 9.66. The topological polar surface area (TPSA) is 29.3 Å². The molecule has 2 fully saturated rings. The average molecular weight is 280 g/mol. The van der Waals surface area contributed by atoms with Gasteiger partial charge >= 0.3 is 0 Å². The zero-order valence-corrected chi connectivity index (χ0v) is 14.0. The SMILES string of the molecule is CCC1CCCCC1C(N)C1(N(C)C)CCCCCC1. The van der Waals surface area contributed by atoms with Crippen LogP contribution in [0.15, 0.2) is 0 Å². The molecule has 2 aliphatic carbocycles. The molecule has 0 aromatic carbocycles. The lowest BCUT2D eigenvalue weighted by molar-refractivity contribution is 0.0404. The second kappa shape index (κ2) is 7.26. The molecule has 20 heavy (non-hydrogen) atoms. The Hall–Kier alpha value is -0.0800. The van der Waals surface area contributed by atoms with Crippen LogP contribution in [0.5, 0.6) is 0 Å². The Bertz CT molecular complexity index is 279. The van der Waals surface area contributed by atoms with E-state index in [4.69, 9.17) is 5.73 Å². The Labute approximate surface area is 126 Å². The highest BCUT2D eigenvalue weighted by Gasteiger charge is 2.44. The van der Waals surface area contributed by atoms with Gasteiger partial charge in [-0.15, -0.1) is 0 Å². The molecule has 118 valence electrons. The van der Waals surface area contributed by atoms with Crippen molar-refractivity contribution in [3.63, 3.8) is 0 Å². The van der Waals surface area contributed by atoms with Crippen LogP contribution in [-0.4, -0.2) is 30.6 Å². The molecule has 0 amide bonds. The second-order valence-corrected chi connectivity index (χ2v) is 7.55. The fraction of sp³-hybridized carbons (Fsp3) is 1.00. The van der Waals surface area contributed by atoms with E-state index in [1.54, 1.807) is 0 Å². The Balaban J connectivity index is 2.18. The number of hydrogen-bond acceptors (Lipinski definition) is 2. The minimum atomic E-state index is 0.270. The van der Waals surface area contributed by atoms with E-state index in [1.165, 1.54) is 70.6 Å². The molecule has 2 nitrogen and oxygen atoms in total. The van der Waals surface area contributed by atoms with Crippen LogP contribution in [0.25, 0.3) is 0 Å². The van der Waals surface area contributed by atoms with Crippen LogP contribution in [0.2, 0.25) is 0 Å². The number of nitrogens with zero attached hydrogens (tertiary/aromatic N) is 1. The van der Waals surface area contributed by atoms with Gasteiger partial charge in [0.05, 0.1) is 0 Å². The molecule has 2 N–H and O–H groups in total. The first kappa shape index (κ1) is 16.3. The smallest absolute Gasteiger partial charge is 0.0357 e. The van der Waals surface area contributed by atoms with Gasteiger partial charge in [-0.05, 0) is 45.2 Å². The van der Waals surface area contributed by atoms with Crippen molar-refractivity contribution in [3.05, 3.63) is 0 Å². The summed E-state index contributed by atoms with van der Waals surface area (Å²) in [6.45, 7) is 2.37. The van der Waals surface area contributed by atoms with Gasteiger partial charge in [0.25, 0.3) is 0 Å². The van der Waals surface area contributed by atoms with Gasteiger partial charge in [-0.25, -0.2) is 0 Å². The van der Waals surface area contributed by atoms with Crippen molar-refractivity contribution in [2.45, 2.75) is 89.1 Å². The fourth-order valence-corrected chi connectivity index (χ4v) is 5.03. The predicted octanol–water partition coefficient (Wildman–Crippen LogP) is 4.18. The molecule has 0 heterocycles. The molecule has 0 aromatic heterocycles. The van der Waals surface area contributed by atoms with E-state index >= 15 is 0 Å². The molecule has 0 aromatic rings. The van der Waals surface area contributed by atoms with E-state index in [9.17, 15) is 0 Å². The first-order valence-corrected chi connectivity index (χ1v) is 9.05. The van der Waals surface area contributed by atoms with Gasteiger partial charge in [0.1, 0.15) is 0 Å². The summed E-state index contributed by atoms with van der Waals surface area (Å²) in [7, 11) is 4.55. The van der Waals surface area contributed by atoms with E-state index in [-0.39, 0.29) is 5.54 Å². The second-order valence-electron chi connectivity index (χ2n) is 7.55. The molecule has 3 unspecified atom stereocenters. The normalized spacial score (nSPS) is 32.9. The van der Waals surface area contributed by atoms with Gasteiger partial charge < -0.3 is 10.6 Å². The van der Waals surface area contributed by atoms with Crippen molar-refractivity contribution >= 4 is 0 Å². The van der Waals surface area contributed by atoms with Crippen LogP contribution in [0.4, 0.5) is 0 Å². The Morgan fingerprint density at radius 1 is 1.00 bits per heavy atom. The maximum atomic E-state index is 6.95. The first-order chi connectivity index (χ1) is 9.62. The lowest BCUT2D eigenvalue weighted by Crippen LogP contribution is -2.61. The highest BCUT2D eigenvalue weighted by molar-refractivity contribution is 5.02. The maximum Gasteiger partial charge on any atom is 0.0357 e. The minimum Gasteiger partial charge on any atom is -0.326 e. The molecule has 3 atom stereocenters. The van der Waals surface area contributed by atoms with E-state index in [0.717, 1.165) is 11.8 Å². The summed E-state index contributed by atoms with van der Waals surface area (Å²) < 4.78 is 0. The van der Waals surface area contributed by atoms with Gasteiger partial charge in [0, 0.05) is 11.6 Å². The Kier molecular flexibility index (Phi) is 5.92. The van der Waals surface area contributed by atoms with Crippen molar-refractivity contribution < 1.29 is 0 Å². The molecule has 0 aliphatic heterocycles. The first-order valence-electron chi connectivity index (χ1n) is 9.05. The molecule has 0 radical (unpaired) electrons. The predicted molar refractivity (Wildman–Crippen MR) is 87.8 cm³/mol.